The Hall–Kier alpha value is -2.54. The summed E-state index contributed by atoms with van der Waals surface area (Å²) in [5.74, 6) is -1.40. The van der Waals surface area contributed by atoms with E-state index in [0.29, 0.717) is 26.2 Å². The van der Waals surface area contributed by atoms with E-state index in [1.54, 1.807) is 4.90 Å². The average molecular weight is 535 g/mol. The average Bonchev–Trinajstić information content (AvgIpc) is 3.54. The summed E-state index contributed by atoms with van der Waals surface area (Å²) in [7, 11) is 0. The summed E-state index contributed by atoms with van der Waals surface area (Å²) in [6.07, 6.45) is 5.91. The fraction of sp³-hybridized carbons (Fsp3) is 0.583. The molecule has 10 nitrogen and oxygen atoms in total. The van der Waals surface area contributed by atoms with Crippen molar-refractivity contribution in [2.24, 2.45) is 5.73 Å². The molecular weight excluding hydrogens is 500 g/mol. The molecule has 2 aromatic rings. The molecule has 1 saturated carbocycles. The number of hydrogen-bond acceptors (Lipinski definition) is 9. The number of primary amides is 1. The lowest BCUT2D eigenvalue weighted by atomic mass is 9.95. The van der Waals surface area contributed by atoms with E-state index in [4.69, 9.17) is 16.2 Å². The molecule has 0 spiro atoms. The quantitative estimate of drug-likeness (QED) is 0.424. The highest BCUT2D eigenvalue weighted by molar-refractivity contribution is 7.10. The zero-order valence-electron chi connectivity index (χ0n) is 20.3. The molecule has 1 saturated heterocycles. The fourth-order valence-corrected chi connectivity index (χ4v) is 6.39. The summed E-state index contributed by atoms with van der Waals surface area (Å²) in [6, 6.07) is 3.06. The van der Waals surface area contributed by atoms with Crippen LogP contribution in [0.15, 0.2) is 17.5 Å². The van der Waals surface area contributed by atoms with E-state index in [2.05, 4.69) is 14.6 Å². The number of carbonyl (C=O) groups is 3. The Morgan fingerprint density at radius 2 is 1.97 bits per heavy atom. The van der Waals surface area contributed by atoms with Gasteiger partial charge in [0, 0.05) is 37.1 Å². The molecule has 1 atom stereocenters. The number of aromatic nitrogens is 1. The topological polar surface area (TPSA) is 144 Å². The minimum absolute atomic E-state index is 0.0340. The predicted octanol–water partition coefficient (Wildman–Crippen LogP) is 2.24. The molecule has 3 amide bonds. The molecule has 196 valence electrons. The van der Waals surface area contributed by atoms with Gasteiger partial charge in [0.1, 0.15) is 10.9 Å². The first-order chi connectivity index (χ1) is 17.5. The lowest BCUT2D eigenvalue weighted by Gasteiger charge is -2.33. The number of hydrogen-bond donors (Lipinski definition) is 3. The molecule has 0 bridgehead atoms. The van der Waals surface area contributed by atoms with Crippen molar-refractivity contribution in [3.63, 3.8) is 0 Å². The van der Waals surface area contributed by atoms with Crippen LogP contribution in [0.3, 0.4) is 0 Å². The maximum absolute atomic E-state index is 13.9. The lowest BCUT2D eigenvalue weighted by molar-refractivity contribution is -0.126. The smallest absolute Gasteiger partial charge is 0.270 e. The van der Waals surface area contributed by atoms with Gasteiger partial charge >= 0.3 is 0 Å². The van der Waals surface area contributed by atoms with Crippen LogP contribution in [0.4, 0.5) is 5.69 Å². The first kappa shape index (κ1) is 26.5. The number of nitrogens with zero attached hydrogens (tertiary/aromatic N) is 3. The molecular formula is C24H34N6O4S2. The molecule has 4 rings (SSSR count). The molecule has 5 N–H and O–H groups in total. The van der Waals surface area contributed by atoms with E-state index in [-0.39, 0.29) is 28.2 Å². The largest absolute Gasteiger partial charge is 0.395 e. The number of morpholine rings is 1. The van der Waals surface area contributed by atoms with Gasteiger partial charge in [-0.2, -0.15) is 4.37 Å². The van der Waals surface area contributed by atoms with Gasteiger partial charge in [-0.1, -0.05) is 25.3 Å². The van der Waals surface area contributed by atoms with Gasteiger partial charge in [0.15, 0.2) is 5.69 Å². The number of anilines is 1. The minimum Gasteiger partial charge on any atom is -0.395 e. The van der Waals surface area contributed by atoms with Crippen LogP contribution in [-0.4, -0.2) is 77.3 Å². The highest BCUT2D eigenvalue weighted by Crippen LogP contribution is 2.31. The maximum atomic E-state index is 13.9. The molecule has 1 aliphatic carbocycles. The number of thiophene rings is 1. The summed E-state index contributed by atoms with van der Waals surface area (Å²) in [5, 5.41) is 5.10. The normalized spacial score (nSPS) is 18.0. The molecule has 12 heteroatoms. The molecule has 0 aromatic carbocycles. The van der Waals surface area contributed by atoms with Gasteiger partial charge in [-0.15, -0.1) is 11.3 Å². The predicted molar refractivity (Wildman–Crippen MR) is 140 cm³/mol. The standard InChI is InChI=1S/C24H34N6O4S2/c25-18-19(22(26)31)28-36-21(18)24(33)30(10-5-9-29-11-13-34-14-12-29)20(17-8-4-15-35-17)23(32)27-16-6-2-1-3-7-16/h4,8,15-16,20H,1-3,5-7,9-14,25H2,(H2,26,31)(H,27,32). The van der Waals surface area contributed by atoms with Gasteiger partial charge in [-0.3, -0.25) is 19.3 Å². The van der Waals surface area contributed by atoms with Gasteiger partial charge in [-0.05, 0) is 42.2 Å². The molecule has 0 radical (unpaired) electrons. The molecule has 1 unspecified atom stereocenters. The van der Waals surface area contributed by atoms with Gasteiger partial charge in [-0.25, -0.2) is 0 Å². The summed E-state index contributed by atoms with van der Waals surface area (Å²) < 4.78 is 9.44. The highest BCUT2D eigenvalue weighted by atomic mass is 32.1. The Kier molecular flexibility index (Phi) is 9.30. The third-order valence-corrected chi connectivity index (χ3v) is 8.49. The Morgan fingerprint density at radius 1 is 1.22 bits per heavy atom. The molecule has 3 heterocycles. The van der Waals surface area contributed by atoms with Crippen molar-refractivity contribution in [2.75, 3.05) is 45.1 Å². The molecule has 2 aliphatic rings. The zero-order valence-corrected chi connectivity index (χ0v) is 22.0. The highest BCUT2D eigenvalue weighted by Gasteiger charge is 2.36. The number of nitrogens with one attached hydrogen (secondary N) is 1. The van der Waals surface area contributed by atoms with Crippen molar-refractivity contribution in [3.8, 4) is 0 Å². The Bertz CT molecular complexity index is 1030. The van der Waals surface area contributed by atoms with Gasteiger partial charge in [0.25, 0.3) is 11.8 Å². The van der Waals surface area contributed by atoms with Crippen LogP contribution in [-0.2, 0) is 9.53 Å². The van der Waals surface area contributed by atoms with Crippen LogP contribution < -0.4 is 16.8 Å². The van der Waals surface area contributed by atoms with Crippen molar-refractivity contribution in [3.05, 3.63) is 33.0 Å². The molecule has 36 heavy (non-hydrogen) atoms. The van der Waals surface area contributed by atoms with Crippen LogP contribution in [0.25, 0.3) is 0 Å². The summed E-state index contributed by atoms with van der Waals surface area (Å²) in [6.45, 7) is 4.19. The number of amides is 3. The third kappa shape index (κ3) is 6.41. The molecule has 2 aromatic heterocycles. The van der Waals surface area contributed by atoms with Crippen molar-refractivity contribution in [2.45, 2.75) is 50.6 Å². The van der Waals surface area contributed by atoms with Gasteiger partial charge in [0.2, 0.25) is 5.91 Å². The van der Waals surface area contributed by atoms with E-state index in [1.165, 1.54) is 17.8 Å². The third-order valence-electron chi connectivity index (χ3n) is 6.72. The summed E-state index contributed by atoms with van der Waals surface area (Å²) >= 11 is 2.28. The number of nitrogens with two attached hydrogens (primary N) is 2. The van der Waals surface area contributed by atoms with Crippen LogP contribution >= 0.6 is 22.9 Å². The second-order valence-corrected chi connectivity index (χ2v) is 11.0. The Labute approximate surface area is 219 Å². The van der Waals surface area contributed by atoms with Crippen molar-refractivity contribution < 1.29 is 19.1 Å². The fourth-order valence-electron chi connectivity index (χ4n) is 4.80. The van der Waals surface area contributed by atoms with Crippen molar-refractivity contribution in [1.82, 2.24) is 19.5 Å². The Balaban J connectivity index is 1.60. The lowest BCUT2D eigenvalue weighted by Crippen LogP contribution is -2.47. The van der Waals surface area contributed by atoms with Crippen LogP contribution in [0.1, 0.15) is 69.6 Å². The first-order valence-electron chi connectivity index (χ1n) is 12.5. The van der Waals surface area contributed by atoms with Crippen LogP contribution in [0.2, 0.25) is 0 Å². The van der Waals surface area contributed by atoms with Gasteiger partial charge in [0.05, 0.1) is 18.9 Å². The van der Waals surface area contributed by atoms with Crippen molar-refractivity contribution >= 4 is 46.3 Å². The second kappa shape index (κ2) is 12.6. The van der Waals surface area contributed by atoms with E-state index in [9.17, 15) is 14.4 Å². The number of rotatable bonds is 10. The molecule has 2 fully saturated rings. The van der Waals surface area contributed by atoms with E-state index in [0.717, 1.165) is 61.7 Å². The Morgan fingerprint density at radius 3 is 2.61 bits per heavy atom. The zero-order chi connectivity index (χ0) is 25.5. The monoisotopic (exact) mass is 534 g/mol. The number of nitrogen functional groups attached to an aromatic ring is 1. The SMILES string of the molecule is NC(=O)c1nsc(C(=O)N(CCCN2CCOCC2)C(C(=O)NC2CCCCC2)c2cccs2)c1N. The first-order valence-corrected chi connectivity index (χ1v) is 14.1. The second-order valence-electron chi connectivity index (χ2n) is 9.21. The van der Waals surface area contributed by atoms with E-state index >= 15 is 0 Å². The minimum atomic E-state index is -0.803. The van der Waals surface area contributed by atoms with E-state index in [1.807, 2.05) is 17.5 Å². The van der Waals surface area contributed by atoms with Gasteiger partial charge < -0.3 is 26.4 Å². The number of carbonyl (C=O) groups excluding carboxylic acids is 3. The summed E-state index contributed by atoms with van der Waals surface area (Å²) in [5.41, 5.74) is 11.3. The van der Waals surface area contributed by atoms with E-state index < -0.39 is 17.9 Å². The molecule has 1 aliphatic heterocycles. The van der Waals surface area contributed by atoms with Crippen molar-refractivity contribution in [1.29, 1.82) is 0 Å². The maximum Gasteiger partial charge on any atom is 0.270 e. The number of ether oxygens (including phenoxy) is 1. The summed E-state index contributed by atoms with van der Waals surface area (Å²) in [4.78, 5) is 44.1. The van der Waals surface area contributed by atoms with Crippen LogP contribution in [0, 0.1) is 0 Å². The van der Waals surface area contributed by atoms with Crippen LogP contribution in [0.5, 0.6) is 0 Å².